The third-order valence-electron chi connectivity index (χ3n) is 3.10. The largest absolute Gasteiger partial charge is 0.416 e. The summed E-state index contributed by atoms with van der Waals surface area (Å²) in [5.74, 6) is 0.544. The van der Waals surface area contributed by atoms with Gasteiger partial charge in [0.2, 0.25) is 0 Å². The highest BCUT2D eigenvalue weighted by molar-refractivity contribution is 6.69. The van der Waals surface area contributed by atoms with Crippen molar-refractivity contribution >= 4 is 8.32 Å². The van der Waals surface area contributed by atoms with Gasteiger partial charge in [0, 0.05) is 24.9 Å². The predicted molar refractivity (Wildman–Crippen MR) is 83.7 cm³/mol. The zero-order valence-electron chi connectivity index (χ0n) is 13.1. The number of hydrogen-bond acceptors (Lipinski definition) is 3. The molecule has 0 unspecified atom stereocenters. The maximum atomic E-state index is 6.05. The molecule has 0 aliphatic heterocycles. The molecular formula is C15H28N2OSi. The van der Waals surface area contributed by atoms with Crippen LogP contribution in [0.2, 0.25) is 19.6 Å². The van der Waals surface area contributed by atoms with E-state index in [1.807, 2.05) is 18.3 Å². The second kappa shape index (κ2) is 7.17. The summed E-state index contributed by atoms with van der Waals surface area (Å²) >= 11 is 0. The number of hydrogen-bond donors (Lipinski definition) is 1. The molecule has 0 amide bonds. The minimum Gasteiger partial charge on any atom is -0.416 e. The number of rotatable bonds is 7. The van der Waals surface area contributed by atoms with Crippen LogP contribution in [0.15, 0.2) is 24.4 Å². The molecule has 1 aromatic rings. The Kier molecular flexibility index (Phi) is 6.17. The Hall–Kier alpha value is -0.713. The van der Waals surface area contributed by atoms with Crippen molar-refractivity contribution in [1.29, 1.82) is 0 Å². The molecule has 3 nitrogen and oxygen atoms in total. The smallest absolute Gasteiger partial charge is 0.183 e. The van der Waals surface area contributed by atoms with Crippen LogP contribution in [0.4, 0.5) is 0 Å². The van der Waals surface area contributed by atoms with Gasteiger partial charge >= 0.3 is 0 Å². The summed E-state index contributed by atoms with van der Waals surface area (Å²) in [4.78, 5) is 4.41. The van der Waals surface area contributed by atoms with Gasteiger partial charge in [-0.15, -0.1) is 0 Å². The summed E-state index contributed by atoms with van der Waals surface area (Å²) in [6.45, 7) is 14.1. The van der Waals surface area contributed by atoms with Crippen LogP contribution in [0.3, 0.4) is 0 Å². The number of nitrogens with zero attached hydrogens (tertiary/aromatic N) is 1. The van der Waals surface area contributed by atoms with Crippen LogP contribution < -0.4 is 5.32 Å². The Balaban J connectivity index is 2.59. The fraction of sp³-hybridized carbons (Fsp3) is 0.667. The fourth-order valence-electron chi connectivity index (χ4n) is 1.81. The van der Waals surface area contributed by atoms with Crippen LogP contribution in [0.1, 0.15) is 32.5 Å². The average molecular weight is 280 g/mol. The molecule has 0 aliphatic carbocycles. The van der Waals surface area contributed by atoms with Gasteiger partial charge in [-0.25, -0.2) is 0 Å². The van der Waals surface area contributed by atoms with E-state index in [-0.39, 0.29) is 6.04 Å². The molecule has 0 spiro atoms. The number of nitrogens with one attached hydrogen (secondary N) is 1. The van der Waals surface area contributed by atoms with Gasteiger partial charge < -0.3 is 9.74 Å². The predicted octanol–water partition coefficient (Wildman–Crippen LogP) is 3.61. The van der Waals surface area contributed by atoms with E-state index in [2.05, 4.69) is 56.8 Å². The van der Waals surface area contributed by atoms with Gasteiger partial charge in [0.25, 0.3) is 0 Å². The van der Waals surface area contributed by atoms with Crippen molar-refractivity contribution in [2.24, 2.45) is 5.92 Å². The van der Waals surface area contributed by atoms with Crippen LogP contribution in [0.5, 0.6) is 0 Å². The first-order valence-electron chi connectivity index (χ1n) is 7.10. The van der Waals surface area contributed by atoms with Gasteiger partial charge in [-0.05, 0) is 44.6 Å². The summed E-state index contributed by atoms with van der Waals surface area (Å²) in [5, 5.41) is 3.64. The summed E-state index contributed by atoms with van der Waals surface area (Å²) in [7, 11) is -1.45. The monoisotopic (exact) mass is 280 g/mol. The van der Waals surface area contributed by atoms with E-state index >= 15 is 0 Å². The molecule has 0 bridgehead atoms. The molecule has 1 N–H and O–H groups in total. The first-order valence-corrected chi connectivity index (χ1v) is 10.5. The van der Waals surface area contributed by atoms with Crippen LogP contribution in [-0.2, 0) is 4.43 Å². The van der Waals surface area contributed by atoms with Crippen molar-refractivity contribution in [2.75, 3.05) is 6.61 Å². The van der Waals surface area contributed by atoms with Crippen molar-refractivity contribution in [3.05, 3.63) is 30.1 Å². The minimum atomic E-state index is -1.45. The second-order valence-electron chi connectivity index (χ2n) is 6.42. The molecule has 108 valence electrons. The van der Waals surface area contributed by atoms with Crippen molar-refractivity contribution in [2.45, 2.75) is 52.5 Å². The van der Waals surface area contributed by atoms with Gasteiger partial charge in [0.1, 0.15) is 0 Å². The van der Waals surface area contributed by atoms with Gasteiger partial charge in [-0.3, -0.25) is 4.98 Å². The van der Waals surface area contributed by atoms with Crippen molar-refractivity contribution in [3.8, 4) is 0 Å². The maximum absolute atomic E-state index is 6.05. The van der Waals surface area contributed by atoms with E-state index in [0.717, 1.165) is 12.3 Å². The molecule has 1 rings (SSSR count). The van der Waals surface area contributed by atoms with E-state index in [0.29, 0.717) is 12.0 Å². The van der Waals surface area contributed by atoms with Gasteiger partial charge in [0.15, 0.2) is 8.32 Å². The maximum Gasteiger partial charge on any atom is 0.183 e. The first-order chi connectivity index (χ1) is 8.79. The van der Waals surface area contributed by atoms with Gasteiger partial charge in [-0.2, -0.15) is 0 Å². The summed E-state index contributed by atoms with van der Waals surface area (Å²) in [6, 6.07) is 6.66. The molecule has 4 heteroatoms. The van der Waals surface area contributed by atoms with E-state index < -0.39 is 8.32 Å². The Bertz CT molecular complexity index is 362. The van der Waals surface area contributed by atoms with E-state index in [1.54, 1.807) is 0 Å². The fourth-order valence-corrected chi connectivity index (χ4v) is 2.49. The molecule has 0 saturated heterocycles. The lowest BCUT2D eigenvalue weighted by atomic mass is 10.0. The van der Waals surface area contributed by atoms with Gasteiger partial charge in [-0.1, -0.05) is 19.9 Å². The average Bonchev–Trinajstić information content (AvgIpc) is 2.33. The lowest BCUT2D eigenvalue weighted by Crippen LogP contribution is -2.42. The molecule has 0 aliphatic rings. The molecule has 0 aromatic carbocycles. The highest BCUT2D eigenvalue weighted by Gasteiger charge is 2.21. The van der Waals surface area contributed by atoms with Crippen molar-refractivity contribution in [1.82, 2.24) is 10.3 Å². The molecule has 0 saturated carbocycles. The van der Waals surface area contributed by atoms with E-state index in [1.165, 1.54) is 0 Å². The summed E-state index contributed by atoms with van der Waals surface area (Å²) in [6.07, 6.45) is 1.84. The quantitative estimate of drug-likeness (QED) is 0.775. The summed E-state index contributed by atoms with van der Waals surface area (Å²) < 4.78 is 6.05. The summed E-state index contributed by atoms with van der Waals surface area (Å²) in [5.41, 5.74) is 1.08. The molecular weight excluding hydrogens is 252 g/mol. The second-order valence-corrected chi connectivity index (χ2v) is 10.9. The first kappa shape index (κ1) is 16.3. The third kappa shape index (κ3) is 6.32. The standard InChI is InChI=1S/C15H28N2OSi/c1-12(2)15(11-18-19(4,5)6)17-13(3)14-9-7-8-10-16-14/h7-10,12-13,15,17H,11H2,1-6H3/t13-,15+/m0/s1. The Morgan fingerprint density at radius 3 is 2.37 bits per heavy atom. The highest BCUT2D eigenvalue weighted by atomic mass is 28.4. The van der Waals surface area contributed by atoms with Crippen molar-refractivity contribution in [3.63, 3.8) is 0 Å². The van der Waals surface area contributed by atoms with Crippen LogP contribution in [0.25, 0.3) is 0 Å². The molecule has 0 radical (unpaired) electrons. The molecule has 2 atom stereocenters. The zero-order chi connectivity index (χ0) is 14.5. The van der Waals surface area contributed by atoms with Crippen LogP contribution in [-0.4, -0.2) is 26.0 Å². The molecule has 1 aromatic heterocycles. The van der Waals surface area contributed by atoms with E-state index in [9.17, 15) is 0 Å². The van der Waals surface area contributed by atoms with Gasteiger partial charge in [0.05, 0.1) is 5.69 Å². The topological polar surface area (TPSA) is 34.1 Å². The van der Waals surface area contributed by atoms with E-state index in [4.69, 9.17) is 4.43 Å². The Morgan fingerprint density at radius 1 is 1.21 bits per heavy atom. The third-order valence-corrected chi connectivity index (χ3v) is 4.13. The lowest BCUT2D eigenvalue weighted by Gasteiger charge is -2.29. The number of aromatic nitrogens is 1. The molecule has 0 fully saturated rings. The normalized spacial score (nSPS) is 15.5. The Morgan fingerprint density at radius 2 is 1.89 bits per heavy atom. The Labute approximate surface area is 118 Å². The van der Waals surface area contributed by atoms with Crippen LogP contribution >= 0.6 is 0 Å². The van der Waals surface area contributed by atoms with Crippen LogP contribution in [0, 0.1) is 5.92 Å². The lowest BCUT2D eigenvalue weighted by molar-refractivity contribution is 0.214. The zero-order valence-corrected chi connectivity index (χ0v) is 14.1. The molecule has 1 heterocycles. The SMILES string of the molecule is CC(C)[C@@H](CO[Si](C)(C)C)N[C@@H](C)c1ccccn1. The molecule has 19 heavy (non-hydrogen) atoms. The van der Waals surface area contributed by atoms with Crippen molar-refractivity contribution < 1.29 is 4.43 Å². The minimum absolute atomic E-state index is 0.249. The highest BCUT2D eigenvalue weighted by Crippen LogP contribution is 2.14. The number of pyridine rings is 1.